The van der Waals surface area contributed by atoms with Gasteiger partial charge in [0.1, 0.15) is 0 Å². The van der Waals surface area contributed by atoms with E-state index in [1.807, 2.05) is 0 Å². The van der Waals surface area contributed by atoms with E-state index in [4.69, 9.17) is 0 Å². The van der Waals surface area contributed by atoms with E-state index in [0.717, 1.165) is 38.2 Å². The van der Waals surface area contributed by atoms with Crippen LogP contribution in [0.5, 0.6) is 0 Å². The van der Waals surface area contributed by atoms with Crippen molar-refractivity contribution in [2.45, 2.75) is 96.2 Å². The Morgan fingerprint density at radius 3 is 1.91 bits per heavy atom. The summed E-state index contributed by atoms with van der Waals surface area (Å²) in [7, 11) is 0. The van der Waals surface area contributed by atoms with Gasteiger partial charge in [-0.05, 0) is 31.8 Å². The van der Waals surface area contributed by atoms with Crippen LogP contribution in [0.25, 0.3) is 0 Å². The first-order valence-corrected chi connectivity index (χ1v) is 8.81. The molecule has 0 rings (SSSR count). The van der Waals surface area contributed by atoms with Crippen LogP contribution in [0.2, 0.25) is 0 Å². The normalized spacial score (nSPS) is 13.7. The Hall–Kier alpha value is 0.766. The summed E-state index contributed by atoms with van der Waals surface area (Å²) < 4.78 is 0. The molecule has 0 aromatic carbocycles. The van der Waals surface area contributed by atoms with Gasteiger partial charge in [0.25, 0.3) is 0 Å². The molecule has 0 spiro atoms. The van der Waals surface area contributed by atoms with Crippen LogP contribution >= 0.6 is 0 Å². The molecule has 0 amide bonds. The van der Waals surface area contributed by atoms with E-state index in [1.54, 1.807) is 6.08 Å². The van der Waals surface area contributed by atoms with Crippen molar-refractivity contribution in [3.8, 4) is 0 Å². The number of rotatable bonds is 15. The van der Waals surface area contributed by atoms with E-state index < -0.39 is 18.2 Å². The van der Waals surface area contributed by atoms with Gasteiger partial charge in [0.2, 0.25) is 0 Å². The van der Waals surface area contributed by atoms with Crippen molar-refractivity contribution in [1.82, 2.24) is 0 Å². The van der Waals surface area contributed by atoms with Gasteiger partial charge >= 0.3 is 51.4 Å². The third-order valence-electron chi connectivity index (χ3n) is 3.92. The SMILES string of the molecule is CCCCCCCCC(O)C(O)CCCCCC=CC(=O)[O-].[K+]. The molecule has 0 heterocycles. The fourth-order valence-electron chi connectivity index (χ4n) is 2.49. The molecule has 130 valence electrons. The molecule has 0 saturated heterocycles. The quantitative estimate of drug-likeness (QED) is 0.241. The van der Waals surface area contributed by atoms with Crippen molar-refractivity contribution in [2.75, 3.05) is 0 Å². The fraction of sp³-hybridized carbons (Fsp3) is 0.833. The van der Waals surface area contributed by atoms with Crippen LogP contribution in [0.3, 0.4) is 0 Å². The Bertz CT molecular complexity index is 295. The van der Waals surface area contributed by atoms with Crippen molar-refractivity contribution in [2.24, 2.45) is 0 Å². The molecule has 4 nitrogen and oxygen atoms in total. The van der Waals surface area contributed by atoms with Crippen LogP contribution in [-0.4, -0.2) is 28.4 Å². The monoisotopic (exact) mass is 352 g/mol. The predicted molar refractivity (Wildman–Crippen MR) is 87.2 cm³/mol. The van der Waals surface area contributed by atoms with Crippen molar-refractivity contribution in [3.63, 3.8) is 0 Å². The topological polar surface area (TPSA) is 80.6 Å². The van der Waals surface area contributed by atoms with Crippen molar-refractivity contribution in [3.05, 3.63) is 12.2 Å². The molecular formula is C18H33KO4. The maximum atomic E-state index is 10.2. The minimum absolute atomic E-state index is 0. The van der Waals surface area contributed by atoms with Crippen LogP contribution in [0.1, 0.15) is 84.0 Å². The van der Waals surface area contributed by atoms with Gasteiger partial charge in [-0.15, -0.1) is 0 Å². The van der Waals surface area contributed by atoms with Gasteiger partial charge in [-0.3, -0.25) is 0 Å². The van der Waals surface area contributed by atoms with Crippen LogP contribution in [-0.2, 0) is 4.79 Å². The molecule has 2 atom stereocenters. The average molecular weight is 353 g/mol. The Balaban J connectivity index is 0. The summed E-state index contributed by atoms with van der Waals surface area (Å²) >= 11 is 0. The summed E-state index contributed by atoms with van der Waals surface area (Å²) in [5.41, 5.74) is 0. The van der Waals surface area contributed by atoms with E-state index in [0.29, 0.717) is 19.3 Å². The minimum Gasteiger partial charge on any atom is -0.545 e. The first-order valence-electron chi connectivity index (χ1n) is 8.81. The first-order chi connectivity index (χ1) is 10.6. The Morgan fingerprint density at radius 2 is 1.39 bits per heavy atom. The molecule has 0 aliphatic carbocycles. The van der Waals surface area contributed by atoms with Crippen molar-refractivity contribution in [1.29, 1.82) is 0 Å². The molecule has 5 heteroatoms. The molecule has 0 aliphatic heterocycles. The van der Waals surface area contributed by atoms with Gasteiger partial charge in [0.15, 0.2) is 0 Å². The fourth-order valence-corrected chi connectivity index (χ4v) is 2.49. The van der Waals surface area contributed by atoms with Crippen LogP contribution in [0, 0.1) is 0 Å². The summed E-state index contributed by atoms with van der Waals surface area (Å²) in [6.45, 7) is 2.19. The van der Waals surface area contributed by atoms with Gasteiger partial charge in [0, 0.05) is 0 Å². The molecule has 0 aliphatic rings. The number of carboxylic acid groups (broad SMARTS) is 1. The van der Waals surface area contributed by atoms with Gasteiger partial charge < -0.3 is 20.1 Å². The zero-order valence-corrected chi connectivity index (χ0v) is 18.1. The third-order valence-corrected chi connectivity index (χ3v) is 3.92. The number of carbonyl (C=O) groups is 1. The second kappa shape index (κ2) is 19.1. The average Bonchev–Trinajstić information content (AvgIpc) is 2.49. The summed E-state index contributed by atoms with van der Waals surface area (Å²) in [6, 6.07) is 0. The largest absolute Gasteiger partial charge is 1.00 e. The van der Waals surface area contributed by atoms with Gasteiger partial charge in [0.05, 0.1) is 18.2 Å². The summed E-state index contributed by atoms with van der Waals surface area (Å²) in [5.74, 6) is -1.16. The molecule has 0 fully saturated rings. The summed E-state index contributed by atoms with van der Waals surface area (Å²) in [4.78, 5) is 10.2. The van der Waals surface area contributed by atoms with E-state index in [-0.39, 0.29) is 51.4 Å². The van der Waals surface area contributed by atoms with Crippen LogP contribution < -0.4 is 56.5 Å². The first kappa shape index (κ1) is 26.0. The number of aliphatic hydroxyl groups is 2. The van der Waals surface area contributed by atoms with E-state index in [2.05, 4.69) is 6.92 Å². The van der Waals surface area contributed by atoms with E-state index >= 15 is 0 Å². The maximum absolute atomic E-state index is 10.2. The minimum atomic E-state index is -1.16. The number of hydrogen-bond donors (Lipinski definition) is 2. The number of carbonyl (C=O) groups excluding carboxylic acids is 1. The van der Waals surface area contributed by atoms with Crippen molar-refractivity contribution >= 4 is 5.97 Å². The molecule has 2 unspecified atom stereocenters. The van der Waals surface area contributed by atoms with Crippen LogP contribution in [0.15, 0.2) is 12.2 Å². The molecule has 0 aromatic heterocycles. The number of carboxylic acids is 1. The molecule has 23 heavy (non-hydrogen) atoms. The molecular weight excluding hydrogens is 319 g/mol. The zero-order chi connectivity index (χ0) is 16.6. The smallest absolute Gasteiger partial charge is 0.545 e. The number of allylic oxidation sites excluding steroid dienone is 1. The standard InChI is InChI=1S/C18H34O4.K/c1-2-3-4-5-7-10-13-16(19)17(20)14-11-8-6-9-12-15-18(21)22;/h12,15-17,19-20H,2-11,13-14H2,1H3,(H,21,22);/q;+1/p-1. The van der Waals surface area contributed by atoms with E-state index in [1.165, 1.54) is 25.7 Å². The van der Waals surface area contributed by atoms with Crippen molar-refractivity contribution < 1.29 is 71.5 Å². The van der Waals surface area contributed by atoms with Crippen LogP contribution in [0.4, 0.5) is 0 Å². The second-order valence-electron chi connectivity index (χ2n) is 6.05. The van der Waals surface area contributed by atoms with Gasteiger partial charge in [-0.2, -0.15) is 0 Å². The number of unbranched alkanes of at least 4 members (excludes halogenated alkanes) is 8. The molecule has 0 saturated carbocycles. The molecule has 2 N–H and O–H groups in total. The summed E-state index contributed by atoms with van der Waals surface area (Å²) in [5, 5.41) is 29.9. The zero-order valence-electron chi connectivity index (χ0n) is 15.0. The van der Waals surface area contributed by atoms with E-state index in [9.17, 15) is 20.1 Å². The third kappa shape index (κ3) is 18.9. The molecule has 0 radical (unpaired) electrons. The number of aliphatic hydroxyl groups excluding tert-OH is 2. The number of aliphatic carboxylic acids is 1. The number of hydrogen-bond acceptors (Lipinski definition) is 4. The Labute approximate surface area is 184 Å². The maximum Gasteiger partial charge on any atom is 1.00 e. The second-order valence-corrected chi connectivity index (χ2v) is 6.05. The molecule has 0 aromatic rings. The van der Waals surface area contributed by atoms with Gasteiger partial charge in [-0.1, -0.05) is 64.4 Å². The summed E-state index contributed by atoms with van der Waals surface area (Å²) in [6.07, 6.45) is 13.2. The molecule has 0 bridgehead atoms. The van der Waals surface area contributed by atoms with Gasteiger partial charge in [-0.25, -0.2) is 0 Å². The Kier molecular flexibility index (Phi) is 21.6. The predicted octanol–water partition coefficient (Wildman–Crippen LogP) is -0.281. The Morgan fingerprint density at radius 1 is 0.913 bits per heavy atom.